The van der Waals surface area contributed by atoms with E-state index in [0.29, 0.717) is 62.2 Å². The van der Waals surface area contributed by atoms with E-state index in [1.165, 1.54) is 7.11 Å². The summed E-state index contributed by atoms with van der Waals surface area (Å²) < 4.78 is 155. The minimum absolute atomic E-state index is 0.0177. The van der Waals surface area contributed by atoms with Crippen molar-refractivity contribution in [3.05, 3.63) is 107 Å². The van der Waals surface area contributed by atoms with Crippen LogP contribution in [0, 0.1) is 0 Å². The van der Waals surface area contributed by atoms with E-state index in [2.05, 4.69) is 44.0 Å². The van der Waals surface area contributed by atoms with Crippen molar-refractivity contribution in [1.82, 2.24) is 18.6 Å². The van der Waals surface area contributed by atoms with Crippen LogP contribution in [0.4, 0.5) is 4.79 Å². The number of carboxylic acid groups (broad SMARTS) is 1. The number of aliphatic hydroxyl groups excluding tert-OH is 1. The number of alkyl carbamates (subject to hydrolysis) is 1. The number of carbonyl (C=O) groups is 6. The van der Waals surface area contributed by atoms with Gasteiger partial charge in [-0.1, -0.05) is 6.07 Å². The van der Waals surface area contributed by atoms with E-state index in [1.807, 2.05) is 48.5 Å². The molecule has 44 heteroatoms. The maximum atomic E-state index is 12.3. The number of rotatable bonds is 35. The van der Waals surface area contributed by atoms with Gasteiger partial charge in [0.05, 0.1) is 12.9 Å². The van der Waals surface area contributed by atoms with E-state index < -0.39 is 96.2 Å². The van der Waals surface area contributed by atoms with E-state index in [1.54, 1.807) is 71.0 Å². The Hall–Kier alpha value is -9.42. The van der Waals surface area contributed by atoms with Crippen LogP contribution in [-0.2, 0) is 110 Å². The van der Waals surface area contributed by atoms with E-state index in [0.717, 1.165) is 75.2 Å². The summed E-state index contributed by atoms with van der Waals surface area (Å²) in [6, 6.07) is 20.7. The summed E-state index contributed by atoms with van der Waals surface area (Å²) in [5, 5.41) is 19.1. The summed E-state index contributed by atoms with van der Waals surface area (Å²) in [7, 11) is -7.06. The minimum atomic E-state index is -3.78. The summed E-state index contributed by atoms with van der Waals surface area (Å²) in [6.07, 6.45) is 5.11. The van der Waals surface area contributed by atoms with Crippen molar-refractivity contribution in [3.63, 3.8) is 0 Å². The molecule has 8 N–H and O–H groups in total. The molecule has 0 spiro atoms. The second-order valence-electron chi connectivity index (χ2n) is 21.7. The van der Waals surface area contributed by atoms with Crippen molar-refractivity contribution in [2.45, 2.75) is 83.8 Å². The molecule has 2 heterocycles. The van der Waals surface area contributed by atoms with Gasteiger partial charge in [-0.05, 0) is 31.5 Å². The van der Waals surface area contributed by atoms with E-state index in [4.69, 9.17) is 49.7 Å². The van der Waals surface area contributed by atoms with Gasteiger partial charge in [-0.15, -0.1) is 0 Å². The zero-order valence-electron chi connectivity index (χ0n) is 60.4. The van der Waals surface area contributed by atoms with Crippen molar-refractivity contribution in [2.75, 3.05) is 112 Å². The predicted molar refractivity (Wildman–Crippen MR) is 391 cm³/mol. The molecule has 4 aromatic carbocycles. The number of carbonyl (C=O) groups excluding carboxylic acids is 5. The molecule has 107 heavy (non-hydrogen) atoms. The first kappa shape index (κ1) is 93.7. The van der Waals surface area contributed by atoms with Crippen LogP contribution in [0.3, 0.4) is 0 Å². The van der Waals surface area contributed by atoms with E-state index >= 15 is 0 Å². The van der Waals surface area contributed by atoms with Crippen LogP contribution in [0.2, 0.25) is 0 Å². The molecule has 0 radical (unpaired) electrons. The van der Waals surface area contributed by atoms with Crippen LogP contribution in [0.5, 0.6) is 23.0 Å². The number of nitrogens with one attached hydrogen (secondary N) is 2. The summed E-state index contributed by atoms with van der Waals surface area (Å²) in [5.41, 5.74) is 16.6. The molecule has 0 fully saturated rings. The van der Waals surface area contributed by atoms with Gasteiger partial charge in [-0.2, -0.15) is 4.31 Å². The number of nitrogens with zero attached hydrogens (tertiary/aromatic N) is 6. The Morgan fingerprint density at radius 3 is 1.44 bits per heavy atom. The van der Waals surface area contributed by atoms with Crippen LogP contribution in [0.15, 0.2) is 105 Å². The van der Waals surface area contributed by atoms with E-state index in [9.17, 15) is 73.2 Å². The van der Waals surface area contributed by atoms with Crippen LogP contribution in [0.25, 0.3) is 11.1 Å². The third-order valence-electron chi connectivity index (χ3n) is 13.7. The molecule has 0 bridgehead atoms. The zero-order chi connectivity index (χ0) is 80.1. The number of aliphatic carboxylic acids is 1. The van der Waals surface area contributed by atoms with Crippen LogP contribution < -0.4 is 40.5 Å². The van der Waals surface area contributed by atoms with Crippen molar-refractivity contribution in [1.29, 1.82) is 0 Å². The van der Waals surface area contributed by atoms with Gasteiger partial charge >= 0.3 is 479 Å². The first-order chi connectivity index (χ1) is 50.9. The number of hydrogen-bond donors (Lipinski definition) is 6. The third kappa shape index (κ3) is 34.4. The molecule has 4 aromatic rings. The molecule has 2 aliphatic heterocycles. The number of benzene rings is 4. The Bertz CT molecular complexity index is 3990. The Morgan fingerprint density at radius 1 is 0.589 bits per heavy atom. The van der Waals surface area contributed by atoms with Gasteiger partial charge < -0.3 is 25.1 Å². The van der Waals surface area contributed by atoms with Gasteiger partial charge in [0.15, 0.2) is 11.5 Å². The maximum absolute atomic E-state index is 12.3. The van der Waals surface area contributed by atoms with Gasteiger partial charge in [-0.3, -0.25) is 4.79 Å². The molecule has 0 aromatic heterocycles. The average Bonchev–Trinajstić information content (AvgIpc) is 1.62. The number of aliphatic hydroxyl groups is 1. The van der Waals surface area contributed by atoms with Gasteiger partial charge in [0.2, 0.25) is 16.8 Å². The fourth-order valence-electron chi connectivity index (χ4n) is 9.25. The predicted octanol–water partition coefficient (Wildman–Crippen LogP) is 0.180. The van der Waals surface area contributed by atoms with Crippen LogP contribution in [0.1, 0.15) is 62.8 Å². The van der Waals surface area contributed by atoms with Gasteiger partial charge in [0.1, 0.15) is 6.04 Å². The molecule has 1 unspecified atom stereocenters. The van der Waals surface area contributed by atoms with Crippen LogP contribution >= 0.6 is 0 Å². The number of amides is 1. The molecular formula is C63H88B4N10O27S3. The van der Waals surface area contributed by atoms with Gasteiger partial charge in [-0.25, -0.2) is 8.42 Å². The summed E-state index contributed by atoms with van der Waals surface area (Å²) >= 11 is 0. The monoisotopic (exact) mass is 1560 g/mol. The van der Waals surface area contributed by atoms with Crippen molar-refractivity contribution >= 4 is 113 Å². The van der Waals surface area contributed by atoms with Crippen molar-refractivity contribution in [2.24, 2.45) is 31.3 Å². The fraction of sp³-hybridized carbons (Fsp3) is 0.476. The normalized spacial score (nSPS) is 13.6. The topological polar surface area (TPSA) is 521 Å². The Morgan fingerprint density at radius 2 is 1.01 bits per heavy atom. The SMILES string of the molecule is CCO.CCOC(=O)[C@@H](CN)N(Cc1ccc2c(c1)OCO2)S(C)(=O)=O.CCOC(=O)[C@@H](CN=CB=O)N(Cc1ccc2c(c1)OCO2)S(C)(=O)=O.CCOC(=O)[C@@H](CN=CB=O)NS(C)(=O)=O.CCOC(=O)[C@H](N)CN=CB=O.COB=NCC(NC(=O)OCC1c2ccccc2-c2ccccc21)C(=O)O. The second-order valence-corrected chi connectivity index (χ2v) is 27.3. The Labute approximate surface area is 622 Å². The van der Waals surface area contributed by atoms with Crippen molar-refractivity contribution < 1.29 is 126 Å². The number of carboxylic acids is 1. The zero-order valence-corrected chi connectivity index (χ0v) is 62.8. The Kier molecular flexibility index (Phi) is 43.9. The number of ether oxygens (including phenoxy) is 9. The second kappa shape index (κ2) is 50.2. The number of aliphatic imine (C=N–C) groups is 3. The molecule has 0 saturated heterocycles. The van der Waals surface area contributed by atoms with Crippen molar-refractivity contribution in [3.8, 4) is 34.1 Å². The number of esters is 4. The molecule has 7 rings (SSSR count). The standard InChI is InChI=1S/C19H19BN2O5.C15H19BN2O7S.C14H20N2O6S.C7H13BN2O5S.C6H11BN2O3.C2H6O/c1-26-20-21-10-17(18(23)24)22-19(25)27-11-16-14-8-4-2-6-12(14)13-7-3-5-9-15(13)16;1-3-23-15(19)12(7-17-9-16-20)18(26(2,21)22)8-11-4-5-13-14(6-11)25-10-24-13;1-3-20-14(17)11(7-15)16(23(2,18)19)8-10-4-5-12-13(6-10)22-9-21-12;1-3-15-7(11)6(4-9-5-8-12)10-16(2,13)14;1-2-12-6(10)5(8)3-9-4-7-11;1-2-3/h2-9,16-17H,10-11H2,1H3,(H,22,25)(H,23,24);4-6,9,12H,3,7-8,10H2,1-2H3;4-6,11H,3,7-9,15H2,1-2H3;5-6,10H,3-4H2,1-2H3;4-5H,2-3,8H2,1H3;3H,2H2,1H3/t;12-;11-;6-;5-;/m.1111./s1. The molecular weight excluding hydrogens is 1470 g/mol. The van der Waals surface area contributed by atoms with Gasteiger partial charge in [0, 0.05) is 19.7 Å². The number of hydrogen-bond acceptors (Lipinski definition) is 32. The van der Waals surface area contributed by atoms with E-state index in [-0.39, 0.29) is 98.4 Å². The first-order valence-electron chi connectivity index (χ1n) is 32.5. The number of fused-ring (bicyclic) bond motifs is 5. The molecule has 3 aliphatic rings. The molecule has 1 aliphatic carbocycles. The molecule has 0 saturated carbocycles. The summed E-state index contributed by atoms with van der Waals surface area (Å²) in [5.74, 6) is -1.70. The van der Waals surface area contributed by atoms with Gasteiger partial charge in [0.25, 0.3) is 0 Å². The molecule has 37 nitrogen and oxygen atoms in total. The summed E-state index contributed by atoms with van der Waals surface area (Å²) in [6.45, 7) is 8.76. The number of nitrogens with two attached hydrogens (primary N) is 2. The van der Waals surface area contributed by atoms with Crippen LogP contribution in [-0.4, -0.2) is 269 Å². The number of sulfonamides is 3. The molecule has 5 atom stereocenters. The third-order valence-corrected chi connectivity index (χ3v) is 16.9. The average molecular weight is 1560 g/mol. The first-order valence-corrected chi connectivity index (χ1v) is 38.0. The fourth-order valence-corrected chi connectivity index (χ4v) is 12.0. The molecule has 1 amide bonds. The molecule has 582 valence electrons. The Balaban J connectivity index is 0.000000461. The quantitative estimate of drug-likeness (QED) is 0.0155. The summed E-state index contributed by atoms with van der Waals surface area (Å²) in [4.78, 5) is 84.4.